The van der Waals surface area contributed by atoms with E-state index < -0.39 is 14.8 Å². The lowest BCUT2D eigenvalue weighted by atomic mass is 9.88. The zero-order chi connectivity index (χ0) is 31.0. The van der Waals surface area contributed by atoms with Gasteiger partial charge in [-0.15, -0.1) is 0 Å². The Kier molecular flexibility index (Phi) is 8.06. The number of nitrogens with zero attached hydrogens (tertiary/aromatic N) is 6. The van der Waals surface area contributed by atoms with E-state index in [4.69, 9.17) is 15.3 Å². The molecule has 7 heteroatoms. The topological polar surface area (TPSA) is 53.5 Å². The van der Waals surface area contributed by atoms with Gasteiger partial charge in [-0.1, -0.05) is 125 Å². The zero-order valence-electron chi connectivity index (χ0n) is 29.0. The third kappa shape index (κ3) is 6.62. The van der Waals surface area contributed by atoms with Crippen molar-refractivity contribution < 1.29 is 0 Å². The fraction of sp³-hybridized carbons (Fsp3) is 0.727. The second-order valence-electron chi connectivity index (χ2n) is 17.9. The molecule has 3 heterocycles. The van der Waals surface area contributed by atoms with E-state index in [1.807, 2.05) is 0 Å². The van der Waals surface area contributed by atoms with E-state index in [2.05, 4.69) is 154 Å². The average Bonchev–Trinajstić information content (AvgIpc) is 3.42. The minimum atomic E-state index is -2.46. The molecule has 0 saturated heterocycles. The Morgan fingerprint density at radius 1 is 0.375 bits per heavy atom. The Bertz CT molecular complexity index is 1180. The van der Waals surface area contributed by atoms with E-state index in [1.165, 1.54) is 17.1 Å². The molecular weight excluding hydrogens is 507 g/mol. The molecule has 0 radical (unpaired) electrons. The normalized spacial score (nSPS) is 14.2. The third-order valence-electron chi connectivity index (χ3n) is 7.47. The molecule has 0 amide bonds. The van der Waals surface area contributed by atoms with Crippen LogP contribution in [0.4, 0.5) is 0 Å². The highest BCUT2D eigenvalue weighted by molar-refractivity contribution is 6.53. The van der Waals surface area contributed by atoms with Crippen LogP contribution in [0.15, 0.2) is 18.2 Å². The molecule has 0 spiro atoms. The van der Waals surface area contributed by atoms with Crippen molar-refractivity contribution >= 4 is 14.8 Å². The second-order valence-corrected chi connectivity index (χ2v) is 20.1. The van der Waals surface area contributed by atoms with Crippen molar-refractivity contribution in [1.82, 2.24) is 26.3 Å². The maximum atomic E-state index is 5.45. The summed E-state index contributed by atoms with van der Waals surface area (Å²) in [5.74, 6) is 0. The van der Waals surface area contributed by atoms with Crippen LogP contribution in [0.5, 0.6) is 0 Å². The predicted octanol–water partition coefficient (Wildman–Crippen LogP) is 7.99. The van der Waals surface area contributed by atoms with Gasteiger partial charge in [-0.3, -0.25) is 0 Å². The summed E-state index contributed by atoms with van der Waals surface area (Å²) in [6, 6.07) is 6.99. The molecule has 222 valence electrons. The van der Waals surface area contributed by atoms with Crippen LogP contribution in [-0.2, 0) is 32.5 Å². The summed E-state index contributed by atoms with van der Waals surface area (Å²) in [5.41, 5.74) is 6.46. The summed E-state index contributed by atoms with van der Waals surface area (Å²) in [6.45, 7) is 40.9. The van der Waals surface area contributed by atoms with Crippen molar-refractivity contribution in [2.24, 2.45) is 0 Å². The van der Waals surface area contributed by atoms with Gasteiger partial charge in [0.2, 0.25) is 0 Å². The number of rotatable bonds is 3. The molecule has 0 aliphatic rings. The highest BCUT2D eigenvalue weighted by atomic mass is 27.2. The lowest BCUT2D eigenvalue weighted by molar-refractivity contribution is 0.507. The van der Waals surface area contributed by atoms with Crippen LogP contribution in [0.3, 0.4) is 0 Å². The van der Waals surface area contributed by atoms with Gasteiger partial charge >= 0.3 is 14.8 Å². The molecule has 3 rings (SSSR count). The molecule has 3 aromatic heterocycles. The molecular formula is C33H57AlN6. The Balaban J connectivity index is 2.60. The Hall–Kier alpha value is -1.84. The van der Waals surface area contributed by atoms with Crippen LogP contribution in [0.1, 0.15) is 159 Å². The molecule has 0 unspecified atom stereocenters. The Morgan fingerprint density at radius 2 is 0.575 bits per heavy atom. The fourth-order valence-electron chi connectivity index (χ4n) is 4.80. The quantitative estimate of drug-likeness (QED) is 0.303. The summed E-state index contributed by atoms with van der Waals surface area (Å²) in [7, 11) is 0. The summed E-state index contributed by atoms with van der Waals surface area (Å²) in [5, 5.41) is 16.3. The van der Waals surface area contributed by atoms with Crippen LogP contribution < -0.4 is 0 Å². The van der Waals surface area contributed by atoms with Gasteiger partial charge in [0.1, 0.15) is 0 Å². The largest absolute Gasteiger partial charge is 0.809 e. The molecule has 40 heavy (non-hydrogen) atoms. The molecule has 0 saturated carbocycles. The number of hydrogen-bond acceptors (Lipinski definition) is 3. The summed E-state index contributed by atoms with van der Waals surface area (Å²) >= 11 is -2.46. The van der Waals surface area contributed by atoms with Gasteiger partial charge < -0.3 is 11.0 Å². The van der Waals surface area contributed by atoms with Crippen molar-refractivity contribution in [2.45, 2.75) is 157 Å². The van der Waals surface area contributed by atoms with Crippen molar-refractivity contribution in [2.75, 3.05) is 0 Å². The van der Waals surface area contributed by atoms with E-state index in [0.29, 0.717) is 0 Å². The highest BCUT2D eigenvalue weighted by Crippen LogP contribution is 2.35. The van der Waals surface area contributed by atoms with Crippen molar-refractivity contribution in [3.8, 4) is 0 Å². The van der Waals surface area contributed by atoms with Crippen LogP contribution in [0, 0.1) is 0 Å². The first-order chi connectivity index (χ1) is 17.6. The van der Waals surface area contributed by atoms with Crippen molar-refractivity contribution in [3.05, 3.63) is 52.4 Å². The maximum Gasteiger partial charge on any atom is 0.809 e. The van der Waals surface area contributed by atoms with Gasteiger partial charge in [-0.2, -0.15) is 15.3 Å². The average molecular weight is 565 g/mol. The van der Waals surface area contributed by atoms with Gasteiger partial charge in [0, 0.05) is 49.6 Å². The monoisotopic (exact) mass is 564 g/mol. The Labute approximate surface area is 250 Å². The minimum absolute atomic E-state index is 0.0781. The molecule has 6 nitrogen and oxygen atoms in total. The summed E-state index contributed by atoms with van der Waals surface area (Å²) < 4.78 is 7.05. The highest BCUT2D eigenvalue weighted by Gasteiger charge is 2.46. The van der Waals surface area contributed by atoms with Crippen LogP contribution >= 0.6 is 0 Å². The lowest BCUT2D eigenvalue weighted by Crippen LogP contribution is -2.49. The van der Waals surface area contributed by atoms with Crippen molar-refractivity contribution in [1.29, 1.82) is 0 Å². The smallest absolute Gasteiger partial charge is 0.315 e. The SMILES string of the molecule is CC(C)(C)c1cc(C(C)(C)C)[n]([Al]([n]2nc(C(C)(C)C)cc2C(C)(C)C)[n]2nc(C(C)(C)C)cc2C(C)(C)C)n1. The molecule has 0 fully saturated rings. The molecule has 0 aliphatic carbocycles. The molecule has 0 atom stereocenters. The molecule has 0 bridgehead atoms. The fourth-order valence-corrected chi connectivity index (χ4v) is 8.24. The maximum absolute atomic E-state index is 5.45. The van der Waals surface area contributed by atoms with Crippen LogP contribution in [-0.4, -0.2) is 41.1 Å². The van der Waals surface area contributed by atoms with Gasteiger partial charge in [0.25, 0.3) is 0 Å². The van der Waals surface area contributed by atoms with E-state index in [9.17, 15) is 0 Å². The molecule has 3 aromatic rings. The zero-order valence-corrected chi connectivity index (χ0v) is 30.1. The van der Waals surface area contributed by atoms with E-state index >= 15 is 0 Å². The molecule has 0 aromatic carbocycles. The second kappa shape index (κ2) is 9.87. The van der Waals surface area contributed by atoms with Crippen molar-refractivity contribution in [3.63, 3.8) is 0 Å². The number of hydrogen-bond donors (Lipinski definition) is 0. The van der Waals surface area contributed by atoms with Gasteiger partial charge in [0.05, 0.1) is 17.1 Å². The minimum Gasteiger partial charge on any atom is -0.315 e. The van der Waals surface area contributed by atoms with E-state index in [1.54, 1.807) is 0 Å². The molecule has 0 aliphatic heterocycles. The van der Waals surface area contributed by atoms with Crippen LogP contribution in [0.2, 0.25) is 0 Å². The standard InChI is InChI=1S/3C11H19N2.Al/c3*1-10(2,3)8-7-9(13-12-8)11(4,5)6;/h3*7H,1-6H3;/q3*-1;+3. The van der Waals surface area contributed by atoms with E-state index in [0.717, 1.165) is 17.1 Å². The third-order valence-corrected chi connectivity index (χ3v) is 9.97. The van der Waals surface area contributed by atoms with Gasteiger partial charge in [-0.05, 0) is 18.2 Å². The summed E-state index contributed by atoms with van der Waals surface area (Å²) in [6.07, 6.45) is 0. The number of aromatic nitrogens is 6. The Morgan fingerprint density at radius 3 is 0.725 bits per heavy atom. The van der Waals surface area contributed by atoms with Crippen LogP contribution in [0.25, 0.3) is 0 Å². The van der Waals surface area contributed by atoms with Gasteiger partial charge in [-0.25, -0.2) is 0 Å². The molecule has 0 N–H and O–H groups in total. The summed E-state index contributed by atoms with van der Waals surface area (Å²) in [4.78, 5) is 0. The first-order valence-corrected chi connectivity index (χ1v) is 16.5. The lowest BCUT2D eigenvalue weighted by Gasteiger charge is -2.29. The first kappa shape index (κ1) is 32.7. The predicted molar refractivity (Wildman–Crippen MR) is 171 cm³/mol. The van der Waals surface area contributed by atoms with Gasteiger partial charge in [0.15, 0.2) is 0 Å². The first-order valence-electron chi connectivity index (χ1n) is 14.9. The van der Waals surface area contributed by atoms with E-state index in [-0.39, 0.29) is 32.5 Å².